The van der Waals surface area contributed by atoms with Crippen LogP contribution in [0.25, 0.3) is 0 Å². The molecule has 2 aromatic heterocycles. The van der Waals surface area contributed by atoms with Gasteiger partial charge in [0.1, 0.15) is 5.82 Å². The molecule has 1 aliphatic rings. The van der Waals surface area contributed by atoms with Crippen LogP contribution in [-0.4, -0.2) is 54.4 Å². The number of aromatic nitrogens is 1. The smallest absolute Gasteiger partial charge is 0.352 e. The van der Waals surface area contributed by atoms with Gasteiger partial charge in [-0.2, -0.15) is 24.5 Å². The minimum atomic E-state index is -4.50. The van der Waals surface area contributed by atoms with Gasteiger partial charge in [-0.15, -0.1) is 0 Å². The minimum Gasteiger partial charge on any atom is -0.352 e. The van der Waals surface area contributed by atoms with Gasteiger partial charge in [0.15, 0.2) is 0 Å². The lowest BCUT2D eigenvalue weighted by Gasteiger charge is -2.36. The first-order valence-corrected chi connectivity index (χ1v) is 10.1. The highest BCUT2D eigenvalue weighted by Crippen LogP contribution is 2.33. The topological polar surface area (TPSA) is 65.5 Å². The van der Waals surface area contributed by atoms with Gasteiger partial charge in [-0.05, 0) is 17.5 Å². The summed E-state index contributed by atoms with van der Waals surface area (Å²) < 4.78 is 38.2. The van der Waals surface area contributed by atoms with Gasteiger partial charge in [0, 0.05) is 56.3 Å². The van der Waals surface area contributed by atoms with Crippen molar-refractivity contribution >= 4 is 40.6 Å². The summed E-state index contributed by atoms with van der Waals surface area (Å²) in [5.74, 6) is -0.0385. The third-order valence-electron chi connectivity index (χ3n) is 4.49. The molecule has 1 fully saturated rings. The third-order valence-corrected chi connectivity index (χ3v) is 5.45. The Bertz CT molecular complexity index is 868. The number of hydrogen-bond acceptors (Lipinski definition) is 5. The lowest BCUT2D eigenvalue weighted by Crippen LogP contribution is -2.49. The van der Waals surface area contributed by atoms with Gasteiger partial charge in [-0.1, -0.05) is 11.6 Å². The van der Waals surface area contributed by atoms with Crippen molar-refractivity contribution in [3.05, 3.63) is 45.2 Å². The molecule has 1 N–H and O–H groups in total. The molecule has 2 aromatic rings. The normalized spacial score (nSPS) is 14.8. The van der Waals surface area contributed by atoms with Crippen LogP contribution in [0.3, 0.4) is 0 Å². The van der Waals surface area contributed by atoms with E-state index in [0.717, 1.165) is 12.3 Å². The van der Waals surface area contributed by atoms with Gasteiger partial charge in [-0.25, -0.2) is 4.98 Å². The van der Waals surface area contributed by atoms with Gasteiger partial charge in [-0.3, -0.25) is 9.59 Å². The molecule has 0 saturated carbocycles. The highest BCUT2D eigenvalue weighted by molar-refractivity contribution is 7.08. The molecule has 1 aliphatic heterocycles. The first kappa shape index (κ1) is 21.4. The Morgan fingerprint density at radius 1 is 1.24 bits per heavy atom. The lowest BCUT2D eigenvalue weighted by molar-refractivity contribution is -0.137. The Balaban J connectivity index is 1.47. The summed E-state index contributed by atoms with van der Waals surface area (Å²) in [4.78, 5) is 31.4. The molecule has 0 bridgehead atoms. The van der Waals surface area contributed by atoms with E-state index in [0.29, 0.717) is 31.7 Å². The average molecular weight is 447 g/mol. The Kier molecular flexibility index (Phi) is 6.63. The lowest BCUT2D eigenvalue weighted by atomic mass is 10.2. The number of halogens is 4. The number of carbonyl (C=O) groups excluding carboxylic acids is 2. The first-order valence-electron chi connectivity index (χ1n) is 8.81. The number of amides is 2. The van der Waals surface area contributed by atoms with Crippen molar-refractivity contribution in [2.24, 2.45) is 0 Å². The van der Waals surface area contributed by atoms with Crippen molar-refractivity contribution < 1.29 is 22.8 Å². The molecule has 3 rings (SSSR count). The molecule has 0 atom stereocenters. The SMILES string of the molecule is O=C(NCCC(=O)N1CCN(c2ncc(C(F)(F)F)cc2Cl)CC1)c1ccsc1. The number of nitrogens with one attached hydrogen (secondary N) is 1. The quantitative estimate of drug-likeness (QED) is 0.765. The van der Waals surface area contributed by atoms with Crippen LogP contribution in [0.1, 0.15) is 22.3 Å². The van der Waals surface area contributed by atoms with E-state index in [9.17, 15) is 22.8 Å². The number of piperazine rings is 1. The maximum atomic E-state index is 12.7. The van der Waals surface area contributed by atoms with E-state index in [4.69, 9.17) is 11.6 Å². The minimum absolute atomic E-state index is 0.0734. The molecule has 0 radical (unpaired) electrons. The number of hydrogen-bond donors (Lipinski definition) is 1. The molecule has 3 heterocycles. The van der Waals surface area contributed by atoms with Crippen LogP contribution in [-0.2, 0) is 11.0 Å². The molecule has 29 heavy (non-hydrogen) atoms. The van der Waals surface area contributed by atoms with Crippen LogP contribution in [0.4, 0.5) is 19.0 Å². The van der Waals surface area contributed by atoms with Crippen molar-refractivity contribution in [2.75, 3.05) is 37.6 Å². The predicted molar refractivity (Wildman–Crippen MR) is 104 cm³/mol. The molecule has 0 unspecified atom stereocenters. The average Bonchev–Trinajstić information content (AvgIpc) is 3.22. The van der Waals surface area contributed by atoms with Gasteiger partial charge in [0.05, 0.1) is 10.6 Å². The molecular formula is C18H18ClF3N4O2S. The summed E-state index contributed by atoms with van der Waals surface area (Å²) >= 11 is 7.40. The van der Waals surface area contributed by atoms with Crippen LogP contribution >= 0.6 is 22.9 Å². The second-order valence-electron chi connectivity index (χ2n) is 6.41. The van der Waals surface area contributed by atoms with Crippen molar-refractivity contribution in [1.29, 1.82) is 0 Å². The summed E-state index contributed by atoms with van der Waals surface area (Å²) in [5, 5.41) is 6.17. The maximum Gasteiger partial charge on any atom is 0.417 e. The van der Waals surface area contributed by atoms with E-state index >= 15 is 0 Å². The Morgan fingerprint density at radius 3 is 2.55 bits per heavy atom. The van der Waals surface area contributed by atoms with E-state index in [2.05, 4.69) is 10.3 Å². The third kappa shape index (κ3) is 5.39. The van der Waals surface area contributed by atoms with Crippen LogP contribution in [0.5, 0.6) is 0 Å². The van der Waals surface area contributed by atoms with Gasteiger partial charge >= 0.3 is 6.18 Å². The van der Waals surface area contributed by atoms with Crippen molar-refractivity contribution in [3.8, 4) is 0 Å². The second-order valence-corrected chi connectivity index (χ2v) is 7.60. The van der Waals surface area contributed by atoms with Crippen molar-refractivity contribution in [3.63, 3.8) is 0 Å². The zero-order valence-electron chi connectivity index (χ0n) is 15.2. The number of nitrogens with zero attached hydrogens (tertiary/aromatic N) is 3. The number of rotatable bonds is 5. The molecule has 2 amide bonds. The fourth-order valence-corrected chi connectivity index (χ4v) is 3.84. The summed E-state index contributed by atoms with van der Waals surface area (Å²) in [6.45, 7) is 1.85. The largest absolute Gasteiger partial charge is 0.417 e. The standard InChI is InChI=1S/C18H18ClF3N4O2S/c19-14-9-13(18(20,21)22)10-24-16(14)26-6-4-25(5-7-26)15(27)1-3-23-17(28)12-2-8-29-11-12/h2,8-11H,1,3-7H2,(H,23,28). The molecule has 1 saturated heterocycles. The summed E-state index contributed by atoms with van der Waals surface area (Å²) in [6, 6.07) is 2.57. The molecule has 6 nitrogen and oxygen atoms in total. The van der Waals surface area contributed by atoms with E-state index in [-0.39, 0.29) is 35.6 Å². The molecule has 11 heteroatoms. The predicted octanol–water partition coefficient (Wildman–Crippen LogP) is 3.28. The van der Waals surface area contributed by atoms with Gasteiger partial charge in [0.25, 0.3) is 5.91 Å². The molecular weight excluding hydrogens is 429 g/mol. The highest BCUT2D eigenvalue weighted by Gasteiger charge is 2.32. The van der Waals surface area contributed by atoms with Crippen LogP contribution < -0.4 is 10.2 Å². The zero-order valence-corrected chi connectivity index (χ0v) is 16.8. The fraction of sp³-hybridized carbons (Fsp3) is 0.389. The molecule has 156 valence electrons. The van der Waals surface area contributed by atoms with Crippen molar-refractivity contribution in [2.45, 2.75) is 12.6 Å². The van der Waals surface area contributed by atoms with E-state index < -0.39 is 11.7 Å². The van der Waals surface area contributed by atoms with Crippen LogP contribution in [0.15, 0.2) is 29.1 Å². The van der Waals surface area contributed by atoms with E-state index in [1.807, 2.05) is 0 Å². The number of thiophene rings is 1. The number of carbonyl (C=O) groups is 2. The van der Waals surface area contributed by atoms with Crippen LogP contribution in [0.2, 0.25) is 5.02 Å². The monoisotopic (exact) mass is 446 g/mol. The Labute approximate surface area is 174 Å². The fourth-order valence-electron chi connectivity index (χ4n) is 2.92. The highest BCUT2D eigenvalue weighted by atomic mass is 35.5. The maximum absolute atomic E-state index is 12.7. The number of anilines is 1. The van der Waals surface area contributed by atoms with Gasteiger partial charge < -0.3 is 15.1 Å². The summed E-state index contributed by atoms with van der Waals surface area (Å²) in [6.07, 6.45) is -3.57. The van der Waals surface area contributed by atoms with E-state index in [1.54, 1.807) is 26.6 Å². The Hall–Kier alpha value is -2.33. The molecule has 0 aliphatic carbocycles. The van der Waals surface area contributed by atoms with Crippen LogP contribution in [0, 0.1) is 0 Å². The number of alkyl halides is 3. The molecule has 0 aromatic carbocycles. The Morgan fingerprint density at radius 2 is 1.97 bits per heavy atom. The first-order chi connectivity index (χ1) is 13.8. The molecule has 0 spiro atoms. The zero-order chi connectivity index (χ0) is 21.0. The summed E-state index contributed by atoms with van der Waals surface area (Å²) in [5.41, 5.74) is -0.332. The summed E-state index contributed by atoms with van der Waals surface area (Å²) in [7, 11) is 0. The van der Waals surface area contributed by atoms with Gasteiger partial charge in [0.2, 0.25) is 5.91 Å². The van der Waals surface area contributed by atoms with E-state index in [1.165, 1.54) is 11.3 Å². The second kappa shape index (κ2) is 9.00. The van der Waals surface area contributed by atoms with Crippen molar-refractivity contribution in [1.82, 2.24) is 15.2 Å². The number of pyridine rings is 1.